The Morgan fingerprint density at radius 3 is 2.33 bits per heavy atom. The van der Waals surface area contributed by atoms with Gasteiger partial charge in [-0.05, 0) is 42.5 Å². The number of rotatable bonds is 6. The maximum atomic E-state index is 13.1. The first-order chi connectivity index (χ1) is 14.4. The molecular weight excluding hydrogens is 398 g/mol. The van der Waals surface area contributed by atoms with Crippen molar-refractivity contribution in [1.29, 1.82) is 0 Å². The number of benzene rings is 2. The molecule has 30 heavy (non-hydrogen) atoms. The van der Waals surface area contributed by atoms with Crippen molar-refractivity contribution >= 4 is 21.1 Å². The lowest BCUT2D eigenvalue weighted by atomic mass is 9.77. The summed E-state index contributed by atoms with van der Waals surface area (Å²) in [5.41, 5.74) is 2.34. The smallest absolute Gasteiger partial charge is 0.295 e. The van der Waals surface area contributed by atoms with Crippen LogP contribution < -0.4 is 10.4 Å². The zero-order valence-corrected chi connectivity index (χ0v) is 18.4. The predicted molar refractivity (Wildman–Crippen MR) is 119 cm³/mol. The molecule has 0 spiro atoms. The highest BCUT2D eigenvalue weighted by atomic mass is 32.2. The number of sulfonamides is 1. The lowest BCUT2D eigenvalue weighted by Crippen LogP contribution is -2.32. The normalized spacial score (nSPS) is 16.7. The van der Waals surface area contributed by atoms with Gasteiger partial charge >= 0.3 is 5.69 Å². The summed E-state index contributed by atoms with van der Waals surface area (Å²) in [5.74, 6) is 0.646. The van der Waals surface area contributed by atoms with Crippen LogP contribution in [0.25, 0.3) is 11.0 Å². The maximum absolute atomic E-state index is 13.1. The number of imidazole rings is 1. The maximum Gasteiger partial charge on any atom is 0.328 e. The molecule has 2 aromatic carbocycles. The molecule has 1 heterocycles. The van der Waals surface area contributed by atoms with E-state index in [1.807, 2.05) is 18.2 Å². The topological polar surface area (TPSA) is 73.1 Å². The van der Waals surface area contributed by atoms with Gasteiger partial charge < -0.3 is 0 Å². The summed E-state index contributed by atoms with van der Waals surface area (Å²) in [5, 5.41) is 0. The molecule has 7 heteroatoms. The Bertz CT molecular complexity index is 1190. The largest absolute Gasteiger partial charge is 0.328 e. The number of hydrogen-bond acceptors (Lipinski definition) is 3. The fraction of sp³-hybridized carbons (Fsp3) is 0.435. The molecule has 1 saturated carbocycles. The molecule has 160 valence electrons. The van der Waals surface area contributed by atoms with E-state index in [1.54, 1.807) is 32.3 Å². The highest BCUT2D eigenvalue weighted by Gasteiger charge is 2.27. The van der Waals surface area contributed by atoms with Crippen LogP contribution in [0.15, 0.2) is 58.2 Å². The number of aromatic nitrogens is 2. The zero-order valence-electron chi connectivity index (χ0n) is 17.5. The third-order valence-electron chi connectivity index (χ3n) is 6.49. The molecule has 3 aromatic rings. The summed E-state index contributed by atoms with van der Waals surface area (Å²) in [6, 6.07) is 15.1. The molecule has 0 aliphatic heterocycles. The van der Waals surface area contributed by atoms with Crippen LogP contribution in [0.2, 0.25) is 0 Å². The molecule has 1 unspecified atom stereocenters. The lowest BCUT2D eigenvalue weighted by Gasteiger charge is -2.31. The molecule has 1 aromatic heterocycles. The summed E-state index contributed by atoms with van der Waals surface area (Å²) in [7, 11) is -0.346. The molecule has 0 radical (unpaired) electrons. The van der Waals surface area contributed by atoms with Gasteiger partial charge in [0.05, 0.1) is 15.9 Å². The Morgan fingerprint density at radius 1 is 0.967 bits per heavy atom. The van der Waals surface area contributed by atoms with Gasteiger partial charge in [0.15, 0.2) is 0 Å². The van der Waals surface area contributed by atoms with E-state index in [0.717, 1.165) is 12.8 Å². The summed E-state index contributed by atoms with van der Waals surface area (Å²) < 4.78 is 32.0. The second-order valence-corrected chi connectivity index (χ2v) is 10.1. The van der Waals surface area contributed by atoms with Crippen molar-refractivity contribution < 1.29 is 8.42 Å². The Labute approximate surface area is 177 Å². The minimum absolute atomic E-state index is 0.158. The average molecular weight is 428 g/mol. The van der Waals surface area contributed by atoms with Gasteiger partial charge in [-0.25, -0.2) is 17.9 Å². The molecule has 0 bridgehead atoms. The van der Waals surface area contributed by atoms with Crippen LogP contribution in [0.5, 0.6) is 0 Å². The molecule has 1 atom stereocenters. The first-order valence-electron chi connectivity index (χ1n) is 10.6. The monoisotopic (exact) mass is 427 g/mol. The zero-order chi connectivity index (χ0) is 21.3. The minimum Gasteiger partial charge on any atom is -0.295 e. The van der Waals surface area contributed by atoms with Gasteiger partial charge in [0.25, 0.3) is 0 Å². The first-order valence-corrected chi connectivity index (χ1v) is 12.1. The van der Waals surface area contributed by atoms with Crippen molar-refractivity contribution in [3.8, 4) is 0 Å². The first kappa shape index (κ1) is 20.9. The summed E-state index contributed by atoms with van der Waals surface area (Å²) in [6.07, 6.45) is 5.96. The van der Waals surface area contributed by atoms with Crippen LogP contribution in [-0.4, -0.2) is 24.1 Å². The van der Waals surface area contributed by atoms with Gasteiger partial charge in [0.2, 0.25) is 10.0 Å². The second-order valence-electron chi connectivity index (χ2n) is 8.32. The van der Waals surface area contributed by atoms with Crippen LogP contribution >= 0.6 is 0 Å². The number of nitrogens with one attached hydrogen (secondary N) is 1. The van der Waals surface area contributed by atoms with Gasteiger partial charge in [-0.2, -0.15) is 0 Å². The number of aryl methyl sites for hydroxylation is 2. The fourth-order valence-electron chi connectivity index (χ4n) is 4.73. The van der Waals surface area contributed by atoms with Gasteiger partial charge in [0.1, 0.15) is 0 Å². The standard InChI is InChI=1S/C23H29N3O3S/c1-25-21-14-13-19(15-22(21)26(2)23(25)27)30(28,29)24-16-20(17-9-5-3-6-10-17)18-11-7-4-8-12-18/h3,5-6,9-10,13-15,18,20,24H,4,7-8,11-12,16H2,1-2H3. The number of fused-ring (bicyclic) bond motifs is 1. The minimum atomic E-state index is -3.69. The molecular formula is C23H29N3O3S. The molecule has 0 saturated heterocycles. The van der Waals surface area contributed by atoms with E-state index < -0.39 is 10.0 Å². The Hall–Kier alpha value is -2.38. The molecule has 1 N–H and O–H groups in total. The van der Waals surface area contributed by atoms with Crippen molar-refractivity contribution in [2.24, 2.45) is 20.0 Å². The van der Waals surface area contributed by atoms with Crippen LogP contribution in [-0.2, 0) is 24.1 Å². The number of hydrogen-bond donors (Lipinski definition) is 1. The molecule has 0 amide bonds. The van der Waals surface area contributed by atoms with Crippen LogP contribution in [0.1, 0.15) is 43.6 Å². The summed E-state index contributed by atoms with van der Waals surface area (Å²) >= 11 is 0. The van der Waals surface area contributed by atoms with E-state index in [-0.39, 0.29) is 16.5 Å². The van der Waals surface area contributed by atoms with Crippen LogP contribution in [0, 0.1) is 5.92 Å². The second kappa shape index (κ2) is 8.40. The van der Waals surface area contributed by atoms with Gasteiger partial charge in [0, 0.05) is 26.6 Å². The predicted octanol–water partition coefficient (Wildman–Crippen LogP) is 3.52. The lowest BCUT2D eigenvalue weighted by molar-refractivity contribution is 0.303. The molecule has 1 aliphatic rings. The van der Waals surface area contributed by atoms with Crippen molar-refractivity contribution in [1.82, 2.24) is 13.9 Å². The van der Waals surface area contributed by atoms with Gasteiger partial charge in [-0.1, -0.05) is 49.6 Å². The van der Waals surface area contributed by atoms with E-state index >= 15 is 0 Å². The van der Waals surface area contributed by atoms with Crippen molar-refractivity contribution in [2.45, 2.75) is 42.9 Å². The molecule has 1 aliphatic carbocycles. The summed E-state index contributed by atoms with van der Waals surface area (Å²) in [6.45, 7) is 0.378. The summed E-state index contributed by atoms with van der Waals surface area (Å²) in [4.78, 5) is 12.3. The van der Waals surface area contributed by atoms with E-state index in [2.05, 4.69) is 16.9 Å². The van der Waals surface area contributed by atoms with Crippen LogP contribution in [0.4, 0.5) is 0 Å². The highest BCUT2D eigenvalue weighted by Crippen LogP contribution is 2.36. The van der Waals surface area contributed by atoms with E-state index in [1.165, 1.54) is 34.0 Å². The average Bonchev–Trinajstić information content (AvgIpc) is 2.99. The molecule has 6 nitrogen and oxygen atoms in total. The van der Waals surface area contributed by atoms with E-state index in [0.29, 0.717) is 23.5 Å². The van der Waals surface area contributed by atoms with Gasteiger partial charge in [-0.15, -0.1) is 0 Å². The number of nitrogens with zero attached hydrogens (tertiary/aromatic N) is 2. The van der Waals surface area contributed by atoms with E-state index in [9.17, 15) is 13.2 Å². The fourth-order valence-corrected chi connectivity index (χ4v) is 5.81. The molecule has 1 fully saturated rings. The quantitative estimate of drug-likeness (QED) is 0.654. The highest BCUT2D eigenvalue weighted by molar-refractivity contribution is 7.89. The van der Waals surface area contributed by atoms with Crippen molar-refractivity contribution in [3.63, 3.8) is 0 Å². The Balaban J connectivity index is 1.60. The third kappa shape index (κ3) is 3.96. The van der Waals surface area contributed by atoms with Crippen molar-refractivity contribution in [3.05, 3.63) is 64.6 Å². The van der Waals surface area contributed by atoms with E-state index in [4.69, 9.17) is 0 Å². The Morgan fingerprint density at radius 2 is 1.63 bits per heavy atom. The molecule has 4 rings (SSSR count). The third-order valence-corrected chi connectivity index (χ3v) is 7.91. The SMILES string of the molecule is Cn1c(=O)n(C)c2cc(S(=O)(=O)NCC(c3ccccc3)C3CCCCC3)ccc21. The van der Waals surface area contributed by atoms with Crippen molar-refractivity contribution in [2.75, 3.05) is 6.54 Å². The Kier molecular flexibility index (Phi) is 5.84. The van der Waals surface area contributed by atoms with Gasteiger partial charge in [-0.3, -0.25) is 9.13 Å². The van der Waals surface area contributed by atoms with Crippen LogP contribution in [0.3, 0.4) is 0 Å².